The van der Waals surface area contributed by atoms with Gasteiger partial charge in [-0.3, -0.25) is 18.9 Å². The maximum atomic E-state index is 11.7. The average molecular weight is 352 g/mol. The molecule has 3 atom stereocenters. The minimum atomic E-state index is -4.66. The van der Waals surface area contributed by atoms with Crippen molar-refractivity contribution in [3.63, 3.8) is 0 Å². The molecule has 1 saturated heterocycles. The molecule has 1 aliphatic rings. The summed E-state index contributed by atoms with van der Waals surface area (Å²) in [4.78, 5) is 39.3. The van der Waals surface area contributed by atoms with Crippen LogP contribution in [0.3, 0.4) is 0 Å². The zero-order chi connectivity index (χ0) is 16.8. The van der Waals surface area contributed by atoms with Crippen LogP contribution in [-0.4, -0.2) is 53.2 Å². The number of hydrogen-bond acceptors (Lipinski definition) is 8. The number of imidazole rings is 1. The number of rotatable bonds is 4. The molecule has 12 nitrogen and oxygen atoms in total. The Hall–Kier alpha value is -1.82. The molecule has 2 aromatic rings. The number of fused-ring (bicyclic) bond motifs is 1. The molecule has 0 radical (unpaired) electrons. The summed E-state index contributed by atoms with van der Waals surface area (Å²) in [5, 5.41) is 9.93. The van der Waals surface area contributed by atoms with Crippen molar-refractivity contribution in [1.29, 1.82) is 0 Å². The van der Waals surface area contributed by atoms with Gasteiger partial charge in [-0.15, -0.1) is 0 Å². The fourth-order valence-electron chi connectivity index (χ4n) is 2.36. The molecule has 0 spiro atoms. The lowest BCUT2D eigenvalue weighted by Gasteiger charge is -2.16. The maximum absolute atomic E-state index is 11.7. The number of nitrogen functional groups attached to an aromatic ring is 1. The summed E-state index contributed by atoms with van der Waals surface area (Å²) in [7, 11) is -4.66. The van der Waals surface area contributed by atoms with Crippen molar-refractivity contribution >= 4 is 24.9 Å². The van der Waals surface area contributed by atoms with Crippen molar-refractivity contribution in [3.05, 3.63) is 16.7 Å². The van der Waals surface area contributed by atoms with Crippen molar-refractivity contribution in [1.82, 2.24) is 19.5 Å². The highest BCUT2D eigenvalue weighted by Gasteiger charge is 2.37. The van der Waals surface area contributed by atoms with E-state index in [0.29, 0.717) is 0 Å². The van der Waals surface area contributed by atoms with Gasteiger partial charge in [-0.25, -0.2) is 9.55 Å². The summed E-state index contributed by atoms with van der Waals surface area (Å²) in [6, 6.07) is 0. The molecule has 0 amide bonds. The number of nitrogens with two attached hydrogens (primary N) is 1. The number of ether oxygens (including phenoxy) is 1. The second-order valence-electron chi connectivity index (χ2n) is 4.99. The molecule has 126 valence electrons. The number of nitrogens with one attached hydrogen (secondary N) is 1. The van der Waals surface area contributed by atoms with Crippen molar-refractivity contribution in [2.45, 2.75) is 24.9 Å². The largest absolute Gasteiger partial charge is 0.469 e. The SMILES string of the molecule is [15NH2]c1[15n]c2c([15n]c[15n]2[C@H]2C[C@@H](O)[C@@H](COP(=O)(O)O)O2)c(=O)[15nH]1. The Labute approximate surface area is 128 Å². The molecule has 1 aliphatic heterocycles. The Morgan fingerprint density at radius 3 is 3.00 bits per heavy atom. The Kier molecular flexibility index (Phi) is 3.96. The van der Waals surface area contributed by atoms with E-state index in [1.54, 1.807) is 0 Å². The first-order valence-corrected chi connectivity index (χ1v) is 8.03. The van der Waals surface area contributed by atoms with Gasteiger partial charge in [0.1, 0.15) is 12.3 Å². The number of aliphatic hydroxyl groups excluding tert-OH is 1. The summed E-state index contributed by atoms with van der Waals surface area (Å²) in [5.41, 5.74) is 5.23. The van der Waals surface area contributed by atoms with Crippen LogP contribution in [0.25, 0.3) is 11.2 Å². The van der Waals surface area contributed by atoms with Gasteiger partial charge in [0.2, 0.25) is 5.95 Å². The van der Waals surface area contributed by atoms with E-state index in [1.807, 2.05) is 0 Å². The quantitative estimate of drug-likeness (QED) is 0.319. The van der Waals surface area contributed by atoms with Crippen molar-refractivity contribution in [3.8, 4) is 0 Å². The summed E-state index contributed by atoms with van der Waals surface area (Å²) in [6.07, 6.45) is -1.26. The van der Waals surface area contributed by atoms with Crippen LogP contribution < -0.4 is 11.3 Å². The molecule has 2 aromatic heterocycles. The minimum absolute atomic E-state index is 0.0622. The van der Waals surface area contributed by atoms with Gasteiger partial charge >= 0.3 is 7.82 Å². The lowest BCUT2D eigenvalue weighted by molar-refractivity contribution is -0.0424. The van der Waals surface area contributed by atoms with Crippen LogP contribution in [0.4, 0.5) is 5.95 Å². The number of anilines is 1. The molecular weight excluding hydrogens is 338 g/mol. The Morgan fingerprint density at radius 1 is 1.57 bits per heavy atom. The fourth-order valence-corrected chi connectivity index (χ4v) is 2.70. The highest BCUT2D eigenvalue weighted by molar-refractivity contribution is 7.46. The Bertz CT molecular complexity index is 829. The van der Waals surface area contributed by atoms with E-state index in [0.717, 1.165) is 0 Å². The molecule has 0 aliphatic carbocycles. The van der Waals surface area contributed by atoms with Gasteiger partial charge in [-0.2, -0.15) is 4.98 Å². The lowest BCUT2D eigenvalue weighted by Crippen LogP contribution is -2.25. The van der Waals surface area contributed by atoms with Gasteiger partial charge in [0, 0.05) is 6.42 Å². The van der Waals surface area contributed by atoms with Gasteiger partial charge in [0.05, 0.1) is 19.0 Å². The predicted molar refractivity (Wildman–Crippen MR) is 75.1 cm³/mol. The summed E-state index contributed by atoms with van der Waals surface area (Å²) in [5.74, 6) is -0.0934. The van der Waals surface area contributed by atoms with Crippen molar-refractivity contribution in [2.75, 3.05) is 12.3 Å². The van der Waals surface area contributed by atoms with E-state index >= 15 is 0 Å². The summed E-state index contributed by atoms with van der Waals surface area (Å²) < 4.78 is 22.0. The molecular formula is C10H14N5O7P. The highest BCUT2D eigenvalue weighted by Crippen LogP contribution is 2.38. The van der Waals surface area contributed by atoms with E-state index in [2.05, 4.69) is 19.5 Å². The predicted octanol–water partition coefficient (Wildman–Crippen LogP) is -1.54. The van der Waals surface area contributed by atoms with E-state index in [4.69, 9.17) is 20.3 Å². The molecule has 0 saturated carbocycles. The normalized spacial score (nSPS) is 25.3. The van der Waals surface area contributed by atoms with Gasteiger partial charge < -0.3 is 25.4 Å². The van der Waals surface area contributed by atoms with Crippen molar-refractivity contribution < 1.29 is 28.7 Å². The summed E-state index contributed by atoms with van der Waals surface area (Å²) in [6.45, 7) is -0.481. The number of aliphatic hydroxyl groups is 1. The molecule has 1 fully saturated rings. The third-order valence-corrected chi connectivity index (χ3v) is 3.86. The van der Waals surface area contributed by atoms with Crippen molar-refractivity contribution in [2.24, 2.45) is 0 Å². The fraction of sp³-hybridized carbons (Fsp3) is 0.500. The minimum Gasteiger partial charge on any atom is -0.390 e. The van der Waals surface area contributed by atoms with Crippen LogP contribution >= 0.6 is 7.82 Å². The third kappa shape index (κ3) is 3.27. The standard InChI is InChI=1S/C10H14N5O7P/c11-10-13-8-7(9(17)14-10)12-3-15(8)6-1-4(16)5(22-6)2-21-23(18,19)20/h3-6,16H,1-2H2,(H2,18,19,20)(H3,11,13,14,17)/t4-,5-,6-/m1/s1/i11+1,12+1,13+1,14+1,15+1. The van der Waals surface area contributed by atoms with E-state index < -0.39 is 38.4 Å². The third-order valence-electron chi connectivity index (χ3n) is 3.37. The zero-order valence-corrected chi connectivity index (χ0v) is 12.5. The smallest absolute Gasteiger partial charge is 0.390 e. The topological polar surface area (TPSA) is 186 Å². The molecule has 23 heavy (non-hydrogen) atoms. The van der Waals surface area contributed by atoms with Crippen LogP contribution in [-0.2, 0) is 13.8 Å². The average Bonchev–Trinajstić information content (AvgIpc) is 2.99. The Balaban J connectivity index is 1.84. The van der Waals surface area contributed by atoms with Gasteiger partial charge in [0.15, 0.2) is 11.2 Å². The second-order valence-corrected chi connectivity index (χ2v) is 6.23. The van der Waals surface area contributed by atoms with Crippen LogP contribution in [0.5, 0.6) is 0 Å². The number of nitrogens with zero attached hydrogens (tertiary/aromatic N) is 3. The first kappa shape index (κ1) is 16.1. The van der Waals surface area contributed by atoms with E-state index in [1.165, 1.54) is 10.9 Å². The highest BCUT2D eigenvalue weighted by atomic mass is 31.2. The Morgan fingerprint density at radius 2 is 2.30 bits per heavy atom. The molecule has 0 bridgehead atoms. The number of hydrogen-bond donors (Lipinski definition) is 5. The first-order chi connectivity index (χ1) is 10.7. The van der Waals surface area contributed by atoms with Crippen LogP contribution in [0.15, 0.2) is 11.1 Å². The number of phosphoric acid groups is 1. The zero-order valence-electron chi connectivity index (χ0n) is 11.6. The lowest BCUT2D eigenvalue weighted by atomic mass is 10.2. The number of phosphoric ester groups is 1. The van der Waals surface area contributed by atoms with E-state index in [-0.39, 0.29) is 23.5 Å². The number of aromatic amines is 1. The van der Waals surface area contributed by atoms with Crippen LogP contribution in [0.2, 0.25) is 0 Å². The molecule has 13 heteroatoms. The summed E-state index contributed by atoms with van der Waals surface area (Å²) >= 11 is 0. The monoisotopic (exact) mass is 352 g/mol. The molecule has 3 rings (SSSR count). The molecule has 0 unspecified atom stereocenters. The molecule has 0 aromatic carbocycles. The first-order valence-electron chi connectivity index (χ1n) is 6.50. The van der Waals surface area contributed by atoms with Crippen LogP contribution in [0, 0.1) is 0 Å². The number of H-pyrrole nitrogens is 1. The van der Waals surface area contributed by atoms with Gasteiger partial charge in [0.25, 0.3) is 5.56 Å². The van der Waals surface area contributed by atoms with Gasteiger partial charge in [-0.05, 0) is 0 Å². The van der Waals surface area contributed by atoms with Crippen LogP contribution in [0.1, 0.15) is 12.6 Å². The van der Waals surface area contributed by atoms with Gasteiger partial charge in [-0.1, -0.05) is 0 Å². The molecule has 6 N–H and O–H groups in total. The maximum Gasteiger partial charge on any atom is 0.469 e. The second kappa shape index (κ2) is 5.67. The van der Waals surface area contributed by atoms with E-state index in [9.17, 15) is 14.5 Å². The number of aromatic nitrogens is 4. The molecule has 3 heterocycles.